The fraction of sp³-hybridized carbons (Fsp3) is 0.348. The van der Waals surface area contributed by atoms with Crippen LogP contribution in [0.5, 0.6) is 11.5 Å². The molecule has 1 saturated heterocycles. The van der Waals surface area contributed by atoms with Crippen LogP contribution in [0, 0.1) is 0 Å². The van der Waals surface area contributed by atoms with Crippen molar-refractivity contribution in [2.75, 3.05) is 45.8 Å². The lowest BCUT2D eigenvalue weighted by molar-refractivity contribution is -0.116. The number of ether oxygens (including phenoxy) is 3. The van der Waals surface area contributed by atoms with E-state index in [1.54, 1.807) is 24.3 Å². The molecule has 0 aliphatic carbocycles. The van der Waals surface area contributed by atoms with Gasteiger partial charge in [-0.25, -0.2) is 4.98 Å². The number of nitrogens with one attached hydrogen (secondary N) is 1. The number of carbonyl (C=O) groups is 1. The number of aromatic nitrogens is 2. The summed E-state index contributed by atoms with van der Waals surface area (Å²) in [4.78, 5) is 33.1. The highest BCUT2D eigenvalue weighted by molar-refractivity contribution is 5.91. The second-order valence-electron chi connectivity index (χ2n) is 7.45. The first-order valence-corrected chi connectivity index (χ1v) is 10.4. The van der Waals surface area contributed by atoms with E-state index in [2.05, 4.69) is 10.2 Å². The summed E-state index contributed by atoms with van der Waals surface area (Å²) < 4.78 is 17.6. The second-order valence-corrected chi connectivity index (χ2v) is 7.45. The number of hydrogen-bond donors (Lipinski definition) is 1. The van der Waals surface area contributed by atoms with Gasteiger partial charge in [0.05, 0.1) is 44.9 Å². The van der Waals surface area contributed by atoms with Gasteiger partial charge in [0.1, 0.15) is 12.4 Å². The first kappa shape index (κ1) is 21.8. The predicted molar refractivity (Wildman–Crippen MR) is 120 cm³/mol. The average Bonchev–Trinajstić information content (AvgIpc) is 2.82. The van der Waals surface area contributed by atoms with Crippen molar-refractivity contribution in [2.45, 2.75) is 13.1 Å². The molecule has 1 aliphatic rings. The van der Waals surface area contributed by atoms with Gasteiger partial charge < -0.3 is 19.5 Å². The Kier molecular flexibility index (Phi) is 6.67. The lowest BCUT2D eigenvalue weighted by Gasteiger charge is -2.27. The monoisotopic (exact) mass is 438 g/mol. The summed E-state index contributed by atoms with van der Waals surface area (Å²) in [5.41, 5.74) is 0.860. The normalized spacial score (nSPS) is 14.3. The number of carbonyl (C=O) groups excluding carboxylic acids is 1. The summed E-state index contributed by atoms with van der Waals surface area (Å²) in [7, 11) is 3.04. The Labute approximate surface area is 185 Å². The van der Waals surface area contributed by atoms with Crippen molar-refractivity contribution >= 4 is 22.5 Å². The summed E-state index contributed by atoms with van der Waals surface area (Å²) in [6.07, 6.45) is 0. The first-order valence-electron chi connectivity index (χ1n) is 10.4. The van der Waals surface area contributed by atoms with Crippen molar-refractivity contribution in [1.82, 2.24) is 14.5 Å². The van der Waals surface area contributed by atoms with Crippen LogP contribution >= 0.6 is 0 Å². The van der Waals surface area contributed by atoms with Crippen molar-refractivity contribution < 1.29 is 19.0 Å². The van der Waals surface area contributed by atoms with Gasteiger partial charge in [-0.05, 0) is 18.2 Å². The number of hydrogen-bond acceptors (Lipinski definition) is 7. The summed E-state index contributed by atoms with van der Waals surface area (Å²) in [5, 5.41) is 3.19. The Morgan fingerprint density at radius 2 is 1.78 bits per heavy atom. The molecule has 0 atom stereocenters. The van der Waals surface area contributed by atoms with Crippen molar-refractivity contribution in [1.29, 1.82) is 0 Å². The molecule has 1 aromatic heterocycles. The van der Waals surface area contributed by atoms with E-state index in [9.17, 15) is 9.59 Å². The van der Waals surface area contributed by atoms with Crippen LogP contribution in [0.25, 0.3) is 10.9 Å². The number of benzene rings is 2. The highest BCUT2D eigenvalue weighted by atomic mass is 16.5. The summed E-state index contributed by atoms with van der Waals surface area (Å²) in [5.74, 6) is 1.13. The number of amides is 1. The summed E-state index contributed by atoms with van der Waals surface area (Å²) >= 11 is 0. The number of anilines is 1. The topological polar surface area (TPSA) is 94.9 Å². The fourth-order valence-electron chi connectivity index (χ4n) is 3.70. The van der Waals surface area contributed by atoms with Crippen LogP contribution in [0.2, 0.25) is 0 Å². The van der Waals surface area contributed by atoms with Crippen molar-refractivity contribution in [2.24, 2.45) is 0 Å². The third-order valence-electron chi connectivity index (χ3n) is 5.37. The Morgan fingerprint density at radius 3 is 2.47 bits per heavy atom. The third-order valence-corrected chi connectivity index (χ3v) is 5.37. The molecule has 0 unspecified atom stereocenters. The van der Waals surface area contributed by atoms with Crippen molar-refractivity contribution in [3.05, 3.63) is 58.6 Å². The summed E-state index contributed by atoms with van der Waals surface area (Å²) in [6.45, 7) is 2.99. The minimum atomic E-state index is -0.303. The fourth-order valence-corrected chi connectivity index (χ4v) is 3.70. The van der Waals surface area contributed by atoms with E-state index >= 15 is 0 Å². The molecule has 9 heteroatoms. The molecule has 2 aromatic carbocycles. The van der Waals surface area contributed by atoms with E-state index < -0.39 is 0 Å². The van der Waals surface area contributed by atoms with Crippen molar-refractivity contribution in [3.8, 4) is 11.5 Å². The van der Waals surface area contributed by atoms with Crippen LogP contribution in [0.4, 0.5) is 5.69 Å². The van der Waals surface area contributed by atoms with E-state index in [0.717, 1.165) is 13.1 Å². The van der Waals surface area contributed by atoms with Crippen LogP contribution in [0.3, 0.4) is 0 Å². The molecular weight excluding hydrogens is 412 g/mol. The highest BCUT2D eigenvalue weighted by Crippen LogP contribution is 2.30. The van der Waals surface area contributed by atoms with Gasteiger partial charge in [0.15, 0.2) is 11.5 Å². The van der Waals surface area contributed by atoms with E-state index in [-0.39, 0.29) is 18.0 Å². The molecule has 9 nitrogen and oxygen atoms in total. The van der Waals surface area contributed by atoms with E-state index in [4.69, 9.17) is 19.2 Å². The highest BCUT2D eigenvalue weighted by Gasteiger charge is 2.20. The zero-order valence-electron chi connectivity index (χ0n) is 18.2. The van der Waals surface area contributed by atoms with Crippen LogP contribution in [0.1, 0.15) is 5.82 Å². The van der Waals surface area contributed by atoms with E-state index in [0.29, 0.717) is 53.7 Å². The molecule has 2 heterocycles. The molecule has 0 saturated carbocycles. The lowest BCUT2D eigenvalue weighted by Crippen LogP contribution is -2.39. The Balaban J connectivity index is 1.74. The average molecular weight is 438 g/mol. The standard InChI is InChI=1S/C23H26N4O5/c1-30-19-12-17-18(13-20(19)31-2)25-21(14-26-8-10-32-11-9-26)27(23(17)29)15-22(28)24-16-6-4-3-5-7-16/h3-7,12-13H,8-11,14-15H2,1-2H3,(H,24,28). The van der Waals surface area contributed by atoms with Gasteiger partial charge in [0.25, 0.3) is 5.56 Å². The predicted octanol–water partition coefficient (Wildman–Crippen LogP) is 1.88. The van der Waals surface area contributed by atoms with Gasteiger partial charge in [0.2, 0.25) is 5.91 Å². The van der Waals surface area contributed by atoms with Gasteiger partial charge in [-0.3, -0.25) is 19.1 Å². The largest absolute Gasteiger partial charge is 0.493 e. The van der Waals surface area contributed by atoms with Gasteiger partial charge in [-0.15, -0.1) is 0 Å². The molecule has 1 aliphatic heterocycles. The first-order chi connectivity index (χ1) is 15.6. The lowest BCUT2D eigenvalue weighted by atomic mass is 10.2. The van der Waals surface area contributed by atoms with Crippen LogP contribution in [0.15, 0.2) is 47.3 Å². The third kappa shape index (κ3) is 4.74. The molecule has 1 amide bonds. The quantitative estimate of drug-likeness (QED) is 0.602. The number of methoxy groups -OCH3 is 2. The SMILES string of the molecule is COc1cc2nc(CN3CCOCC3)n(CC(=O)Nc3ccccc3)c(=O)c2cc1OC. The van der Waals surface area contributed by atoms with E-state index in [1.165, 1.54) is 18.8 Å². The number of rotatable bonds is 7. The number of fused-ring (bicyclic) bond motifs is 1. The molecule has 4 rings (SSSR count). The van der Waals surface area contributed by atoms with Crippen LogP contribution in [-0.4, -0.2) is 60.9 Å². The van der Waals surface area contributed by atoms with Gasteiger partial charge >= 0.3 is 0 Å². The molecule has 0 radical (unpaired) electrons. The Bertz CT molecular complexity index is 1160. The van der Waals surface area contributed by atoms with Crippen LogP contribution < -0.4 is 20.3 Å². The minimum Gasteiger partial charge on any atom is -0.493 e. The van der Waals surface area contributed by atoms with Gasteiger partial charge in [0, 0.05) is 24.8 Å². The molecule has 0 bridgehead atoms. The maximum atomic E-state index is 13.5. The molecular formula is C23H26N4O5. The molecule has 3 aromatic rings. The molecule has 1 N–H and O–H groups in total. The number of nitrogens with zero attached hydrogens (tertiary/aromatic N) is 3. The van der Waals surface area contributed by atoms with Crippen molar-refractivity contribution in [3.63, 3.8) is 0 Å². The maximum Gasteiger partial charge on any atom is 0.262 e. The second kappa shape index (κ2) is 9.80. The zero-order valence-corrected chi connectivity index (χ0v) is 18.2. The minimum absolute atomic E-state index is 0.148. The van der Waals surface area contributed by atoms with E-state index in [1.807, 2.05) is 18.2 Å². The van der Waals surface area contributed by atoms with Crippen LogP contribution in [-0.2, 0) is 22.6 Å². The molecule has 0 spiro atoms. The van der Waals surface area contributed by atoms with Gasteiger partial charge in [-0.1, -0.05) is 18.2 Å². The summed E-state index contributed by atoms with van der Waals surface area (Å²) in [6, 6.07) is 12.4. The number of morpholine rings is 1. The maximum absolute atomic E-state index is 13.5. The molecule has 1 fully saturated rings. The zero-order chi connectivity index (χ0) is 22.5. The molecule has 32 heavy (non-hydrogen) atoms. The molecule has 168 valence electrons. The Morgan fingerprint density at radius 1 is 1.09 bits per heavy atom. The smallest absolute Gasteiger partial charge is 0.262 e. The number of para-hydroxylation sites is 1. The Hall–Kier alpha value is -3.43. The van der Waals surface area contributed by atoms with Gasteiger partial charge in [-0.2, -0.15) is 0 Å².